The number of benzene rings is 1. The number of nitrogens with zero attached hydrogens (tertiary/aromatic N) is 1. The van der Waals surface area contributed by atoms with E-state index in [0.717, 1.165) is 18.9 Å². The molecule has 0 bridgehead atoms. The van der Waals surface area contributed by atoms with Crippen LogP contribution in [0.5, 0.6) is 0 Å². The molecule has 1 aliphatic rings. The van der Waals surface area contributed by atoms with E-state index >= 15 is 0 Å². The van der Waals surface area contributed by atoms with E-state index < -0.39 is 11.6 Å². The highest BCUT2D eigenvalue weighted by Crippen LogP contribution is 2.29. The summed E-state index contributed by atoms with van der Waals surface area (Å²) in [5.41, 5.74) is 0.126. The number of anilines is 1. The monoisotopic (exact) mass is 332 g/mol. The molecule has 6 heteroatoms. The molecule has 1 fully saturated rings. The van der Waals surface area contributed by atoms with Crippen LogP contribution in [-0.2, 0) is 4.79 Å². The van der Waals surface area contributed by atoms with Gasteiger partial charge in [0.1, 0.15) is 11.6 Å². The van der Waals surface area contributed by atoms with Crippen LogP contribution in [0, 0.1) is 11.6 Å². The summed E-state index contributed by atoms with van der Waals surface area (Å²) in [7, 11) is 0. The first-order valence-corrected chi connectivity index (χ1v) is 7.03. The zero-order valence-corrected chi connectivity index (χ0v) is 12.1. The fourth-order valence-electron chi connectivity index (χ4n) is 2.27. The van der Waals surface area contributed by atoms with E-state index in [1.54, 1.807) is 0 Å². The second kappa shape index (κ2) is 5.96. The Balaban J connectivity index is 2.30. The highest BCUT2D eigenvalue weighted by molar-refractivity contribution is 9.10. The van der Waals surface area contributed by atoms with Crippen molar-refractivity contribution in [1.82, 2.24) is 5.32 Å². The summed E-state index contributed by atoms with van der Waals surface area (Å²) < 4.78 is 27.2. The molecular formula is C13H15BrF2N2O. The molecule has 1 atom stereocenters. The van der Waals surface area contributed by atoms with Crippen LogP contribution < -0.4 is 10.2 Å². The minimum absolute atomic E-state index is 0.126. The molecule has 0 radical (unpaired) electrons. The Labute approximate surface area is 119 Å². The molecule has 0 aliphatic carbocycles. The Kier molecular flexibility index (Phi) is 4.52. The van der Waals surface area contributed by atoms with Gasteiger partial charge in [-0.1, -0.05) is 6.92 Å². The van der Waals surface area contributed by atoms with E-state index in [-0.39, 0.29) is 22.1 Å². The average Bonchev–Trinajstić information content (AvgIpc) is 2.37. The minimum Gasteiger partial charge on any atom is -0.308 e. The van der Waals surface area contributed by atoms with Crippen LogP contribution in [0.15, 0.2) is 16.6 Å². The van der Waals surface area contributed by atoms with Crippen molar-refractivity contribution in [2.75, 3.05) is 18.0 Å². The Morgan fingerprint density at radius 3 is 2.84 bits per heavy atom. The predicted octanol–water partition coefficient (Wildman–Crippen LogP) is 2.83. The summed E-state index contributed by atoms with van der Waals surface area (Å²) in [6, 6.07) is 1.82. The summed E-state index contributed by atoms with van der Waals surface area (Å²) in [5.74, 6) is -1.55. The molecule has 19 heavy (non-hydrogen) atoms. The van der Waals surface area contributed by atoms with Gasteiger partial charge < -0.3 is 10.2 Å². The number of nitrogens with one attached hydrogen (secondary N) is 1. The third-order valence-corrected chi connectivity index (χ3v) is 3.78. The molecule has 1 aliphatic heterocycles. The molecule has 0 aromatic heterocycles. The number of rotatable bonds is 3. The lowest BCUT2D eigenvalue weighted by Gasteiger charge is -2.32. The van der Waals surface area contributed by atoms with Crippen molar-refractivity contribution in [3.8, 4) is 0 Å². The topological polar surface area (TPSA) is 32.3 Å². The molecule has 1 saturated heterocycles. The van der Waals surface area contributed by atoms with Crippen LogP contribution in [0.4, 0.5) is 14.5 Å². The Morgan fingerprint density at radius 2 is 2.16 bits per heavy atom. The Hall–Kier alpha value is -1.01. The smallest absolute Gasteiger partial charge is 0.244 e. The molecular weight excluding hydrogens is 318 g/mol. The molecule has 1 N–H and O–H groups in total. The molecule has 104 valence electrons. The van der Waals surface area contributed by atoms with Gasteiger partial charge in [-0.25, -0.2) is 8.78 Å². The molecule has 1 unspecified atom stereocenters. The summed E-state index contributed by atoms with van der Waals surface area (Å²) in [5, 5.41) is 3.08. The molecule has 0 spiro atoms. The van der Waals surface area contributed by atoms with Gasteiger partial charge in [-0.15, -0.1) is 0 Å². The van der Waals surface area contributed by atoms with Gasteiger partial charge in [0.2, 0.25) is 5.91 Å². The zero-order valence-electron chi connectivity index (χ0n) is 10.5. The normalized spacial score (nSPS) is 19.9. The number of likely N-dealkylation sites (N-methyl/N-ethyl adjacent to an activating group) is 1. The van der Waals surface area contributed by atoms with E-state index in [4.69, 9.17) is 0 Å². The number of hydrogen-bond acceptors (Lipinski definition) is 2. The number of halogens is 3. The Bertz CT molecular complexity index is 494. The predicted molar refractivity (Wildman–Crippen MR) is 73.1 cm³/mol. The third-order valence-electron chi connectivity index (χ3n) is 3.17. The van der Waals surface area contributed by atoms with Crippen LogP contribution in [0.3, 0.4) is 0 Å². The van der Waals surface area contributed by atoms with Gasteiger partial charge >= 0.3 is 0 Å². The van der Waals surface area contributed by atoms with E-state index in [0.29, 0.717) is 13.1 Å². The van der Waals surface area contributed by atoms with E-state index in [1.165, 1.54) is 11.0 Å². The number of piperidine rings is 1. The molecule has 3 nitrogen and oxygen atoms in total. The quantitative estimate of drug-likeness (QED) is 0.863. The maximum Gasteiger partial charge on any atom is 0.244 e. The lowest BCUT2D eigenvalue weighted by atomic mass is 10.0. The van der Waals surface area contributed by atoms with Gasteiger partial charge in [-0.3, -0.25) is 4.79 Å². The van der Waals surface area contributed by atoms with Gasteiger partial charge in [0.05, 0.1) is 16.2 Å². The average molecular weight is 333 g/mol. The third kappa shape index (κ3) is 2.95. The molecule has 2 rings (SSSR count). The minimum atomic E-state index is -0.716. The van der Waals surface area contributed by atoms with Gasteiger partial charge in [-0.2, -0.15) is 0 Å². The van der Waals surface area contributed by atoms with Crippen LogP contribution >= 0.6 is 15.9 Å². The summed E-state index contributed by atoms with van der Waals surface area (Å²) in [4.78, 5) is 13.6. The maximum atomic E-state index is 13.8. The largest absolute Gasteiger partial charge is 0.308 e. The van der Waals surface area contributed by atoms with Crippen LogP contribution in [0.25, 0.3) is 0 Å². The number of carbonyl (C=O) groups is 1. The fraction of sp³-hybridized carbons (Fsp3) is 0.462. The van der Waals surface area contributed by atoms with Gasteiger partial charge in [0.15, 0.2) is 0 Å². The number of carbonyl (C=O) groups excluding carboxylic acids is 1. The number of amides is 1. The van der Waals surface area contributed by atoms with Crippen LogP contribution in [0.1, 0.15) is 19.8 Å². The lowest BCUT2D eigenvalue weighted by Crippen LogP contribution is -2.51. The van der Waals surface area contributed by atoms with Crippen molar-refractivity contribution in [2.24, 2.45) is 0 Å². The molecule has 0 saturated carbocycles. The first-order valence-electron chi connectivity index (χ1n) is 6.24. The summed E-state index contributed by atoms with van der Waals surface area (Å²) in [6.07, 6.45) is 1.53. The van der Waals surface area contributed by atoms with Gasteiger partial charge in [0.25, 0.3) is 0 Å². The van der Waals surface area contributed by atoms with Gasteiger partial charge in [-0.05, 0) is 41.4 Å². The molecule has 1 heterocycles. The first-order chi connectivity index (χ1) is 9.04. The summed E-state index contributed by atoms with van der Waals surface area (Å²) >= 11 is 3.02. The fourth-order valence-corrected chi connectivity index (χ4v) is 2.60. The first kappa shape index (κ1) is 14.4. The van der Waals surface area contributed by atoms with Crippen molar-refractivity contribution in [1.29, 1.82) is 0 Å². The SMILES string of the molecule is CCNC1CCCN(c2cc(Br)c(F)cc2F)C1=O. The molecule has 1 amide bonds. The van der Waals surface area contributed by atoms with E-state index in [9.17, 15) is 13.6 Å². The lowest BCUT2D eigenvalue weighted by molar-refractivity contribution is -0.121. The van der Waals surface area contributed by atoms with Crippen molar-refractivity contribution in [2.45, 2.75) is 25.8 Å². The van der Waals surface area contributed by atoms with Crippen molar-refractivity contribution >= 4 is 27.5 Å². The standard InChI is InChI=1S/C13H15BrF2N2O/c1-2-17-11-4-3-5-18(13(11)19)12-6-8(14)9(15)7-10(12)16/h6-7,11,17H,2-5H2,1H3. The van der Waals surface area contributed by atoms with Crippen LogP contribution in [0.2, 0.25) is 0 Å². The van der Waals surface area contributed by atoms with E-state index in [2.05, 4.69) is 21.2 Å². The van der Waals surface area contributed by atoms with Crippen molar-refractivity contribution in [3.63, 3.8) is 0 Å². The highest BCUT2D eigenvalue weighted by atomic mass is 79.9. The zero-order chi connectivity index (χ0) is 14.0. The van der Waals surface area contributed by atoms with Crippen molar-refractivity contribution in [3.05, 3.63) is 28.2 Å². The van der Waals surface area contributed by atoms with E-state index in [1.807, 2.05) is 6.92 Å². The van der Waals surface area contributed by atoms with Crippen molar-refractivity contribution < 1.29 is 13.6 Å². The summed E-state index contributed by atoms with van der Waals surface area (Å²) in [6.45, 7) is 3.05. The molecule has 1 aromatic rings. The highest BCUT2D eigenvalue weighted by Gasteiger charge is 2.30. The molecule has 1 aromatic carbocycles. The van der Waals surface area contributed by atoms with Crippen LogP contribution in [-0.4, -0.2) is 25.0 Å². The second-order valence-electron chi connectivity index (χ2n) is 4.46. The maximum absolute atomic E-state index is 13.8. The van der Waals surface area contributed by atoms with Gasteiger partial charge in [0, 0.05) is 12.6 Å². The Morgan fingerprint density at radius 1 is 1.42 bits per heavy atom. The number of hydrogen-bond donors (Lipinski definition) is 1. The second-order valence-corrected chi connectivity index (χ2v) is 5.31.